The number of alkyl halides is 2. The van der Waals surface area contributed by atoms with Gasteiger partial charge in [-0.05, 0) is 6.92 Å². The molecule has 0 saturated heterocycles. The first-order chi connectivity index (χ1) is 5.23. The Hall–Kier alpha value is 0.240. The molecule has 0 spiro atoms. The third-order valence-corrected chi connectivity index (χ3v) is 1.65. The number of esters is 1. The molecule has 0 rings (SSSR count). The summed E-state index contributed by atoms with van der Waals surface area (Å²) in [5, 5.41) is -4.89. The molecule has 0 aromatic carbocycles. The van der Waals surface area contributed by atoms with Gasteiger partial charge in [0.05, 0.1) is 6.61 Å². The van der Waals surface area contributed by atoms with Gasteiger partial charge in [0.25, 0.3) is 0 Å². The van der Waals surface area contributed by atoms with E-state index in [1.165, 1.54) is 6.92 Å². The van der Waals surface area contributed by atoms with Crippen LogP contribution >= 0.6 is 0 Å². The fourth-order valence-corrected chi connectivity index (χ4v) is 0.590. The average Bonchev–Trinajstić information content (AvgIpc) is 1.85. The largest absolute Gasteiger partial charge is 1.00 e. The van der Waals surface area contributed by atoms with E-state index in [9.17, 15) is 22.0 Å². The summed E-state index contributed by atoms with van der Waals surface area (Å²) in [6.45, 7) is 0.821. The molecular formula is C4H7F2NaO5S. The molecule has 0 amide bonds. The molecule has 5 nitrogen and oxygen atoms in total. The first kappa shape index (κ1) is 15.7. The second-order valence-electron chi connectivity index (χ2n) is 1.71. The van der Waals surface area contributed by atoms with Crippen molar-refractivity contribution in [3.63, 3.8) is 0 Å². The minimum Gasteiger partial charge on any atom is -1.00 e. The van der Waals surface area contributed by atoms with Crippen LogP contribution in [0.5, 0.6) is 0 Å². The zero-order valence-corrected chi connectivity index (χ0v) is 9.77. The van der Waals surface area contributed by atoms with Crippen LogP contribution in [0, 0.1) is 0 Å². The van der Waals surface area contributed by atoms with Crippen LogP contribution in [-0.2, 0) is 19.6 Å². The number of ether oxygens (including phenoxy) is 1. The van der Waals surface area contributed by atoms with Gasteiger partial charge in [0.1, 0.15) is 0 Å². The molecule has 0 bridgehead atoms. The van der Waals surface area contributed by atoms with Crippen LogP contribution in [0.25, 0.3) is 0 Å². The second kappa shape index (κ2) is 5.20. The van der Waals surface area contributed by atoms with E-state index in [-0.39, 0.29) is 31.0 Å². The maximum Gasteiger partial charge on any atom is 1.00 e. The van der Waals surface area contributed by atoms with Crippen molar-refractivity contribution >= 4 is 16.1 Å². The topological polar surface area (TPSA) is 80.7 Å². The van der Waals surface area contributed by atoms with Crippen molar-refractivity contribution in [1.82, 2.24) is 0 Å². The number of carbonyl (C=O) groups excluding carboxylic acids is 1. The van der Waals surface area contributed by atoms with Crippen LogP contribution in [0.4, 0.5) is 8.78 Å². The van der Waals surface area contributed by atoms with E-state index in [4.69, 9.17) is 4.55 Å². The minimum absolute atomic E-state index is 0. The maximum atomic E-state index is 12.2. The van der Waals surface area contributed by atoms with Crippen molar-refractivity contribution in [3.05, 3.63) is 0 Å². The number of carbonyl (C=O) groups is 1. The van der Waals surface area contributed by atoms with Gasteiger partial charge in [-0.3, -0.25) is 4.55 Å². The van der Waals surface area contributed by atoms with Crippen molar-refractivity contribution in [3.8, 4) is 0 Å². The standard InChI is InChI=1S/C4H6F2O5S.Na.H/c1-2-11-3(7)4(5,6)12(8,9)10;;/h2H2,1H3,(H,8,9,10);;/q;+1;-1. The van der Waals surface area contributed by atoms with Crippen LogP contribution in [0.15, 0.2) is 0 Å². The van der Waals surface area contributed by atoms with Crippen molar-refractivity contribution in [1.29, 1.82) is 0 Å². The molecule has 0 heterocycles. The quantitative estimate of drug-likeness (QED) is 0.319. The number of rotatable bonds is 3. The molecule has 1 N–H and O–H groups in total. The molecule has 0 atom stereocenters. The summed E-state index contributed by atoms with van der Waals surface area (Å²) in [6, 6.07) is 0. The summed E-state index contributed by atoms with van der Waals surface area (Å²) >= 11 is 0. The normalized spacial score (nSPS) is 11.7. The van der Waals surface area contributed by atoms with Gasteiger partial charge in [-0.25, -0.2) is 4.79 Å². The predicted octanol–water partition coefficient (Wildman–Crippen LogP) is -2.85. The molecule has 0 saturated carbocycles. The molecule has 0 aliphatic carbocycles. The van der Waals surface area contributed by atoms with Gasteiger partial charge in [0, 0.05) is 0 Å². The van der Waals surface area contributed by atoms with Gasteiger partial charge in [0.15, 0.2) is 0 Å². The molecule has 0 aliphatic heterocycles. The molecule has 0 aliphatic rings. The molecule has 0 fully saturated rings. The fraction of sp³-hybridized carbons (Fsp3) is 0.750. The Morgan fingerprint density at radius 2 is 2.00 bits per heavy atom. The molecule has 0 unspecified atom stereocenters. The van der Waals surface area contributed by atoms with Gasteiger partial charge < -0.3 is 6.16 Å². The van der Waals surface area contributed by atoms with Crippen LogP contribution in [0.1, 0.15) is 8.35 Å². The fourth-order valence-electron chi connectivity index (χ4n) is 0.320. The third-order valence-electron chi connectivity index (χ3n) is 0.837. The summed E-state index contributed by atoms with van der Waals surface area (Å²) in [5.41, 5.74) is 0. The Balaban J connectivity index is -0.000000605. The number of halogens is 2. The van der Waals surface area contributed by atoms with Crippen LogP contribution in [0.2, 0.25) is 0 Å². The molecule has 0 aromatic heterocycles. The van der Waals surface area contributed by atoms with Gasteiger partial charge in [-0.2, -0.15) is 17.2 Å². The van der Waals surface area contributed by atoms with E-state index >= 15 is 0 Å². The Morgan fingerprint density at radius 3 is 2.23 bits per heavy atom. The second-order valence-corrected chi connectivity index (χ2v) is 3.18. The Morgan fingerprint density at radius 1 is 1.62 bits per heavy atom. The monoisotopic (exact) mass is 228 g/mol. The van der Waals surface area contributed by atoms with Gasteiger partial charge >= 0.3 is 50.9 Å². The van der Waals surface area contributed by atoms with E-state index in [0.29, 0.717) is 0 Å². The van der Waals surface area contributed by atoms with E-state index in [0.717, 1.165) is 0 Å². The van der Waals surface area contributed by atoms with Crippen LogP contribution in [0.3, 0.4) is 0 Å². The van der Waals surface area contributed by atoms with Crippen LogP contribution < -0.4 is 29.6 Å². The first-order valence-electron chi connectivity index (χ1n) is 2.75. The summed E-state index contributed by atoms with van der Waals surface area (Å²) < 4.78 is 55.7. The van der Waals surface area contributed by atoms with Crippen molar-refractivity contribution in [2.24, 2.45) is 0 Å². The van der Waals surface area contributed by atoms with Gasteiger partial charge in [0.2, 0.25) is 0 Å². The van der Waals surface area contributed by atoms with Crippen molar-refractivity contribution in [2.45, 2.75) is 12.2 Å². The van der Waals surface area contributed by atoms with E-state index in [1.54, 1.807) is 0 Å². The van der Waals surface area contributed by atoms with Gasteiger partial charge in [-0.1, -0.05) is 0 Å². The number of hydrogen-bond acceptors (Lipinski definition) is 4. The molecule has 74 valence electrons. The zero-order valence-electron chi connectivity index (χ0n) is 7.95. The van der Waals surface area contributed by atoms with Crippen molar-refractivity contribution in [2.75, 3.05) is 6.61 Å². The Kier molecular flexibility index (Phi) is 6.28. The molecule has 9 heteroatoms. The zero-order chi connectivity index (χ0) is 9.99. The number of hydrogen-bond donors (Lipinski definition) is 1. The predicted molar refractivity (Wildman–Crippen MR) is 34.2 cm³/mol. The summed E-state index contributed by atoms with van der Waals surface area (Å²) in [6.07, 6.45) is 0. The van der Waals surface area contributed by atoms with Crippen LogP contribution in [-0.4, -0.2) is 30.8 Å². The molecule has 0 radical (unpaired) electrons. The minimum atomic E-state index is -5.73. The molecule has 0 aromatic rings. The molecule has 13 heavy (non-hydrogen) atoms. The van der Waals surface area contributed by atoms with Crippen molar-refractivity contribution < 1.29 is 62.3 Å². The summed E-state index contributed by atoms with van der Waals surface area (Å²) in [4.78, 5) is 10.2. The first-order valence-corrected chi connectivity index (χ1v) is 4.19. The Labute approximate surface area is 97.0 Å². The van der Waals surface area contributed by atoms with E-state index < -0.39 is 27.9 Å². The third kappa shape index (κ3) is 3.86. The molecular weight excluding hydrogens is 221 g/mol. The smallest absolute Gasteiger partial charge is 1.00 e. The summed E-state index contributed by atoms with van der Waals surface area (Å²) in [7, 11) is -5.73. The maximum absolute atomic E-state index is 12.2. The van der Waals surface area contributed by atoms with E-state index in [2.05, 4.69) is 4.74 Å². The Bertz CT molecular complexity index is 279. The average molecular weight is 228 g/mol. The summed E-state index contributed by atoms with van der Waals surface area (Å²) in [5.74, 6) is -2.28. The van der Waals surface area contributed by atoms with E-state index in [1.807, 2.05) is 0 Å². The SMILES string of the molecule is CCOC(=O)C(F)(F)S(=O)(=O)O.[H-].[Na+]. The van der Waals surface area contributed by atoms with Gasteiger partial charge in [-0.15, -0.1) is 0 Å².